The highest BCUT2D eigenvalue weighted by molar-refractivity contribution is 7.99. The number of thioether (sulfide) groups is 1. The van der Waals surface area contributed by atoms with Gasteiger partial charge in [-0.2, -0.15) is 0 Å². The normalized spacial score (nSPS) is 14.3. The van der Waals surface area contributed by atoms with Crippen molar-refractivity contribution in [2.24, 2.45) is 0 Å². The van der Waals surface area contributed by atoms with Crippen LogP contribution in [0.15, 0.2) is 47.8 Å². The molecule has 0 bridgehead atoms. The van der Waals surface area contributed by atoms with Gasteiger partial charge in [-0.25, -0.2) is 9.37 Å². The molecule has 1 aromatic carbocycles. The van der Waals surface area contributed by atoms with Crippen molar-refractivity contribution in [2.75, 3.05) is 16.8 Å². The van der Waals surface area contributed by atoms with E-state index in [1.54, 1.807) is 18.3 Å². The maximum absolute atomic E-state index is 13.4. The lowest BCUT2D eigenvalue weighted by Crippen LogP contribution is -2.15. The molecule has 0 atom stereocenters. The third-order valence-corrected chi connectivity index (χ3v) is 7.57. The number of thiophene rings is 1. The molecule has 3 aromatic heterocycles. The second kappa shape index (κ2) is 8.87. The molecule has 0 saturated heterocycles. The van der Waals surface area contributed by atoms with Gasteiger partial charge in [0.05, 0.1) is 16.3 Å². The molecule has 1 aliphatic carbocycles. The molecule has 1 fully saturated rings. The number of fused-ring (bicyclic) bond motifs is 1. The van der Waals surface area contributed by atoms with Gasteiger partial charge in [-0.1, -0.05) is 30.7 Å². The second-order valence-electron chi connectivity index (χ2n) is 7.66. The highest BCUT2D eigenvalue weighted by atomic mass is 32.2. The molecule has 3 heterocycles. The van der Waals surface area contributed by atoms with E-state index in [1.165, 1.54) is 35.2 Å². The Hall–Kier alpha value is -2.98. The number of halogens is 1. The largest absolute Gasteiger partial charge is 0.397 e. The van der Waals surface area contributed by atoms with Gasteiger partial charge in [-0.05, 0) is 43.2 Å². The number of carbonyl (C=O) groups excluding carboxylic acids is 1. The summed E-state index contributed by atoms with van der Waals surface area (Å²) in [6, 6.07) is 9.95. The summed E-state index contributed by atoms with van der Waals surface area (Å²) in [7, 11) is 0. The first-order chi connectivity index (χ1) is 15.6. The molecule has 3 N–H and O–H groups in total. The number of nitrogens with two attached hydrogens (primary N) is 1. The summed E-state index contributed by atoms with van der Waals surface area (Å²) in [6.45, 7) is 0. The molecule has 1 saturated carbocycles. The first-order valence-electron chi connectivity index (χ1n) is 10.4. The summed E-state index contributed by atoms with van der Waals surface area (Å²) in [5, 5.41) is 13.2. The van der Waals surface area contributed by atoms with E-state index in [0.29, 0.717) is 16.5 Å². The van der Waals surface area contributed by atoms with Gasteiger partial charge in [-0.15, -0.1) is 21.5 Å². The Labute approximate surface area is 192 Å². The predicted molar refractivity (Wildman–Crippen MR) is 126 cm³/mol. The molecule has 4 aromatic rings. The van der Waals surface area contributed by atoms with Crippen LogP contribution in [-0.4, -0.2) is 31.4 Å². The molecule has 0 spiro atoms. The standard InChI is InChI=1S/C22H21FN6OS2/c23-13-5-3-6-14(11-13)26-17(30)12-31-22-28-27-20(29(22)15-7-1-2-8-15)19-18(24)16-9-4-10-25-21(16)32-19/h3-6,9-11,15H,1-2,7-8,12,24H2,(H,26,30). The van der Waals surface area contributed by atoms with Crippen molar-refractivity contribution in [1.82, 2.24) is 19.7 Å². The van der Waals surface area contributed by atoms with E-state index in [0.717, 1.165) is 46.6 Å². The number of benzene rings is 1. The number of carbonyl (C=O) groups is 1. The summed E-state index contributed by atoms with van der Waals surface area (Å²) < 4.78 is 15.5. The Morgan fingerprint density at radius 2 is 2.09 bits per heavy atom. The number of rotatable bonds is 6. The average molecular weight is 469 g/mol. The molecule has 7 nitrogen and oxygen atoms in total. The van der Waals surface area contributed by atoms with Crippen LogP contribution in [0.5, 0.6) is 0 Å². The zero-order chi connectivity index (χ0) is 22.1. The van der Waals surface area contributed by atoms with Crippen LogP contribution in [0.2, 0.25) is 0 Å². The van der Waals surface area contributed by atoms with Crippen LogP contribution < -0.4 is 11.1 Å². The Morgan fingerprint density at radius 1 is 1.25 bits per heavy atom. The van der Waals surface area contributed by atoms with Crippen molar-refractivity contribution in [2.45, 2.75) is 36.9 Å². The summed E-state index contributed by atoms with van der Waals surface area (Å²) in [5.41, 5.74) is 7.54. The monoisotopic (exact) mass is 468 g/mol. The fourth-order valence-corrected chi connectivity index (χ4v) is 5.88. The number of nitrogen functional groups attached to an aromatic ring is 1. The fraction of sp³-hybridized carbons (Fsp3) is 0.273. The van der Waals surface area contributed by atoms with Crippen LogP contribution >= 0.6 is 23.1 Å². The van der Waals surface area contributed by atoms with Crippen LogP contribution in [0.3, 0.4) is 0 Å². The van der Waals surface area contributed by atoms with Crippen LogP contribution in [0.1, 0.15) is 31.7 Å². The molecule has 5 rings (SSSR count). The summed E-state index contributed by atoms with van der Waals surface area (Å²) >= 11 is 2.83. The van der Waals surface area contributed by atoms with E-state index in [2.05, 4.69) is 25.1 Å². The van der Waals surface area contributed by atoms with Gasteiger partial charge >= 0.3 is 0 Å². The molecule has 1 amide bonds. The minimum atomic E-state index is -0.392. The number of anilines is 2. The third kappa shape index (κ3) is 4.07. The molecule has 10 heteroatoms. The number of aromatic nitrogens is 4. The van der Waals surface area contributed by atoms with Crippen LogP contribution in [0.4, 0.5) is 15.8 Å². The van der Waals surface area contributed by atoms with Gasteiger partial charge < -0.3 is 11.1 Å². The molecule has 0 aliphatic heterocycles. The van der Waals surface area contributed by atoms with E-state index in [-0.39, 0.29) is 17.7 Å². The van der Waals surface area contributed by atoms with Gasteiger partial charge in [0.2, 0.25) is 5.91 Å². The molecule has 164 valence electrons. The number of pyridine rings is 1. The predicted octanol–water partition coefficient (Wildman–Crippen LogP) is 5.12. The van der Waals surface area contributed by atoms with Crippen molar-refractivity contribution in [3.8, 4) is 10.7 Å². The number of hydrogen-bond donors (Lipinski definition) is 2. The topological polar surface area (TPSA) is 98.7 Å². The van der Waals surface area contributed by atoms with Crippen molar-refractivity contribution in [3.63, 3.8) is 0 Å². The number of amides is 1. The van der Waals surface area contributed by atoms with E-state index < -0.39 is 5.82 Å². The molecular formula is C22H21FN6OS2. The fourth-order valence-electron chi connectivity index (χ4n) is 4.03. The maximum atomic E-state index is 13.4. The first-order valence-corrected chi connectivity index (χ1v) is 12.2. The zero-order valence-corrected chi connectivity index (χ0v) is 18.8. The highest BCUT2D eigenvalue weighted by Gasteiger charge is 2.27. The van der Waals surface area contributed by atoms with Crippen molar-refractivity contribution in [3.05, 3.63) is 48.4 Å². The number of hydrogen-bond acceptors (Lipinski definition) is 7. The van der Waals surface area contributed by atoms with Crippen molar-refractivity contribution < 1.29 is 9.18 Å². The minimum absolute atomic E-state index is 0.144. The van der Waals surface area contributed by atoms with Crippen LogP contribution in [0.25, 0.3) is 20.9 Å². The highest BCUT2D eigenvalue weighted by Crippen LogP contribution is 2.43. The third-order valence-electron chi connectivity index (χ3n) is 5.50. The maximum Gasteiger partial charge on any atom is 0.234 e. The summed E-state index contributed by atoms with van der Waals surface area (Å²) in [4.78, 5) is 18.6. The lowest BCUT2D eigenvalue weighted by Gasteiger charge is -2.16. The second-order valence-corrected chi connectivity index (χ2v) is 9.60. The van der Waals surface area contributed by atoms with E-state index in [1.807, 2.05) is 12.1 Å². The Kier molecular flexibility index (Phi) is 5.79. The smallest absolute Gasteiger partial charge is 0.234 e. The van der Waals surface area contributed by atoms with E-state index in [9.17, 15) is 9.18 Å². The number of nitrogens with zero attached hydrogens (tertiary/aromatic N) is 4. The lowest BCUT2D eigenvalue weighted by molar-refractivity contribution is -0.113. The minimum Gasteiger partial charge on any atom is -0.397 e. The average Bonchev–Trinajstić information content (AvgIpc) is 3.51. The Morgan fingerprint density at radius 3 is 2.88 bits per heavy atom. The SMILES string of the molecule is Nc1c(-c2nnc(SCC(=O)Nc3cccc(F)c3)n2C2CCCC2)sc2ncccc12. The molecule has 0 radical (unpaired) electrons. The lowest BCUT2D eigenvalue weighted by atomic mass is 10.2. The van der Waals surface area contributed by atoms with Gasteiger partial charge in [0, 0.05) is 23.3 Å². The first kappa shape index (κ1) is 20.9. The van der Waals surface area contributed by atoms with E-state index in [4.69, 9.17) is 5.73 Å². The summed E-state index contributed by atoms with van der Waals surface area (Å²) in [6.07, 6.45) is 6.13. The molecule has 32 heavy (non-hydrogen) atoms. The summed E-state index contributed by atoms with van der Waals surface area (Å²) in [5.74, 6) is 0.251. The van der Waals surface area contributed by atoms with Crippen molar-refractivity contribution >= 4 is 50.6 Å². The molecule has 0 unspecified atom stereocenters. The van der Waals surface area contributed by atoms with Crippen molar-refractivity contribution in [1.29, 1.82) is 0 Å². The Balaban J connectivity index is 1.42. The molecule has 1 aliphatic rings. The zero-order valence-electron chi connectivity index (χ0n) is 17.1. The van der Waals surface area contributed by atoms with Gasteiger partial charge in [0.15, 0.2) is 11.0 Å². The van der Waals surface area contributed by atoms with E-state index >= 15 is 0 Å². The van der Waals surface area contributed by atoms with Gasteiger partial charge in [-0.3, -0.25) is 9.36 Å². The van der Waals surface area contributed by atoms with Gasteiger partial charge in [0.25, 0.3) is 0 Å². The molecular weight excluding hydrogens is 447 g/mol. The number of nitrogens with one attached hydrogen (secondary N) is 1. The van der Waals surface area contributed by atoms with Crippen LogP contribution in [0, 0.1) is 5.82 Å². The van der Waals surface area contributed by atoms with Crippen LogP contribution in [-0.2, 0) is 4.79 Å². The quantitative estimate of drug-likeness (QED) is 0.381. The Bertz CT molecular complexity index is 1280. The van der Waals surface area contributed by atoms with Gasteiger partial charge in [0.1, 0.15) is 10.6 Å².